The Labute approximate surface area is 109 Å². The van der Waals surface area contributed by atoms with Crippen molar-refractivity contribution in [2.45, 2.75) is 0 Å². The first-order valence-electron chi connectivity index (χ1n) is 5.75. The number of nitrogens with zero attached hydrogens (tertiary/aromatic N) is 3. The van der Waals surface area contributed by atoms with Crippen molar-refractivity contribution in [1.29, 1.82) is 0 Å². The molecule has 0 aliphatic rings. The third-order valence-electron chi connectivity index (χ3n) is 2.72. The molecule has 1 aromatic carbocycles. The molecule has 0 spiro atoms. The summed E-state index contributed by atoms with van der Waals surface area (Å²) in [5.74, 6) is 1.78. The second-order valence-electron chi connectivity index (χ2n) is 3.90. The first-order chi connectivity index (χ1) is 9.30. The number of fused-ring (bicyclic) bond motifs is 1. The zero-order chi connectivity index (χ0) is 13.2. The average Bonchev–Trinajstić information content (AvgIpc) is 2.90. The summed E-state index contributed by atoms with van der Waals surface area (Å²) >= 11 is 0. The van der Waals surface area contributed by atoms with Crippen LogP contribution in [-0.4, -0.2) is 29.1 Å². The molecule has 3 aromatic rings. The number of oxazole rings is 1. The third-order valence-corrected chi connectivity index (χ3v) is 2.72. The molecule has 2 aromatic heterocycles. The maximum Gasteiger partial charge on any atom is 0.230 e. The van der Waals surface area contributed by atoms with Gasteiger partial charge in [0.15, 0.2) is 5.58 Å². The van der Waals surface area contributed by atoms with Gasteiger partial charge in [0.2, 0.25) is 11.8 Å². The lowest BCUT2D eigenvalue weighted by Gasteiger charge is -1.97. The largest absolute Gasteiger partial charge is 0.497 e. The lowest BCUT2D eigenvalue weighted by atomic mass is 10.3. The number of rotatable bonds is 3. The minimum Gasteiger partial charge on any atom is -0.497 e. The molecule has 3 rings (SSSR count). The van der Waals surface area contributed by atoms with Crippen LogP contribution in [0.15, 0.2) is 35.0 Å². The fraction of sp³-hybridized carbons (Fsp3) is 0.154. The Bertz CT molecular complexity index is 706. The van der Waals surface area contributed by atoms with Gasteiger partial charge in [-0.1, -0.05) is 0 Å². The minimum atomic E-state index is 0.492. The number of methoxy groups -OCH3 is 1. The molecule has 0 aliphatic carbocycles. The van der Waals surface area contributed by atoms with Crippen LogP contribution in [0.3, 0.4) is 0 Å². The zero-order valence-electron chi connectivity index (χ0n) is 10.5. The lowest BCUT2D eigenvalue weighted by Crippen LogP contribution is -1.95. The van der Waals surface area contributed by atoms with Gasteiger partial charge in [-0.3, -0.25) is 0 Å². The molecule has 2 heterocycles. The third kappa shape index (κ3) is 2.08. The Kier molecular flexibility index (Phi) is 2.75. The van der Waals surface area contributed by atoms with E-state index >= 15 is 0 Å². The first-order valence-corrected chi connectivity index (χ1v) is 5.75. The van der Waals surface area contributed by atoms with Gasteiger partial charge in [-0.2, -0.15) is 0 Å². The van der Waals surface area contributed by atoms with Crippen molar-refractivity contribution in [2.75, 3.05) is 19.5 Å². The molecule has 6 heteroatoms. The van der Waals surface area contributed by atoms with Crippen LogP contribution in [0.25, 0.3) is 22.6 Å². The fourth-order valence-corrected chi connectivity index (χ4v) is 1.72. The van der Waals surface area contributed by atoms with E-state index in [9.17, 15) is 0 Å². The number of anilines is 1. The first kappa shape index (κ1) is 11.5. The van der Waals surface area contributed by atoms with Crippen molar-refractivity contribution in [1.82, 2.24) is 15.0 Å². The smallest absolute Gasteiger partial charge is 0.230 e. The fourth-order valence-electron chi connectivity index (χ4n) is 1.72. The summed E-state index contributed by atoms with van der Waals surface area (Å²) in [5.41, 5.74) is 2.18. The Morgan fingerprint density at radius 3 is 2.68 bits per heavy atom. The van der Waals surface area contributed by atoms with Crippen LogP contribution >= 0.6 is 0 Å². The number of benzene rings is 1. The van der Waals surface area contributed by atoms with Gasteiger partial charge < -0.3 is 14.5 Å². The van der Waals surface area contributed by atoms with Crippen molar-refractivity contribution >= 4 is 17.0 Å². The molecule has 0 saturated carbocycles. The molecule has 0 fully saturated rings. The van der Waals surface area contributed by atoms with Crippen molar-refractivity contribution < 1.29 is 9.15 Å². The van der Waals surface area contributed by atoms with Gasteiger partial charge in [0.1, 0.15) is 11.3 Å². The van der Waals surface area contributed by atoms with Crippen LogP contribution in [-0.2, 0) is 0 Å². The van der Waals surface area contributed by atoms with Crippen molar-refractivity contribution in [3.63, 3.8) is 0 Å². The molecule has 0 aliphatic heterocycles. The summed E-state index contributed by atoms with van der Waals surface area (Å²) < 4.78 is 10.8. The molecule has 96 valence electrons. The highest BCUT2D eigenvalue weighted by Gasteiger charge is 2.09. The molecule has 0 saturated heterocycles. The number of hydrogen-bond acceptors (Lipinski definition) is 6. The van der Waals surface area contributed by atoms with E-state index in [0.29, 0.717) is 17.4 Å². The monoisotopic (exact) mass is 256 g/mol. The molecule has 0 bridgehead atoms. The predicted molar refractivity (Wildman–Crippen MR) is 71.1 cm³/mol. The van der Waals surface area contributed by atoms with Gasteiger partial charge in [-0.15, -0.1) is 0 Å². The second kappa shape index (κ2) is 4.56. The Morgan fingerprint density at radius 2 is 2.00 bits per heavy atom. The topological polar surface area (TPSA) is 73.1 Å². The summed E-state index contributed by atoms with van der Waals surface area (Å²) in [6.07, 6.45) is 3.33. The van der Waals surface area contributed by atoms with E-state index in [-0.39, 0.29) is 0 Å². The molecule has 6 nitrogen and oxygen atoms in total. The van der Waals surface area contributed by atoms with E-state index in [4.69, 9.17) is 9.15 Å². The van der Waals surface area contributed by atoms with E-state index in [1.165, 1.54) is 0 Å². The highest BCUT2D eigenvalue weighted by Crippen LogP contribution is 2.26. The average molecular weight is 256 g/mol. The van der Waals surface area contributed by atoms with Crippen LogP contribution in [0, 0.1) is 0 Å². The summed E-state index contributed by atoms with van der Waals surface area (Å²) in [4.78, 5) is 12.7. The van der Waals surface area contributed by atoms with Gasteiger partial charge >= 0.3 is 0 Å². The van der Waals surface area contributed by atoms with E-state index in [2.05, 4.69) is 20.3 Å². The maximum absolute atomic E-state index is 5.68. The van der Waals surface area contributed by atoms with E-state index < -0.39 is 0 Å². The number of nitrogens with one attached hydrogen (secondary N) is 1. The van der Waals surface area contributed by atoms with Crippen LogP contribution < -0.4 is 10.1 Å². The van der Waals surface area contributed by atoms with E-state index in [1.54, 1.807) is 32.6 Å². The second-order valence-corrected chi connectivity index (χ2v) is 3.90. The van der Waals surface area contributed by atoms with Crippen molar-refractivity contribution in [3.05, 3.63) is 30.6 Å². The lowest BCUT2D eigenvalue weighted by molar-refractivity contribution is 0.414. The summed E-state index contributed by atoms with van der Waals surface area (Å²) in [7, 11) is 3.38. The Balaban J connectivity index is 2.04. The Morgan fingerprint density at radius 1 is 1.21 bits per heavy atom. The summed E-state index contributed by atoms with van der Waals surface area (Å²) in [6.45, 7) is 0. The molecule has 0 radical (unpaired) electrons. The zero-order valence-corrected chi connectivity index (χ0v) is 10.5. The molecule has 0 unspecified atom stereocenters. The van der Waals surface area contributed by atoms with Gasteiger partial charge in [0.05, 0.1) is 12.7 Å². The minimum absolute atomic E-state index is 0.492. The molecular formula is C13H12N4O2. The molecule has 0 atom stereocenters. The van der Waals surface area contributed by atoms with Crippen molar-refractivity contribution in [3.8, 4) is 17.2 Å². The SMILES string of the molecule is CNc1ncc(-c2nc3ccc(OC)cc3o2)cn1. The number of hydrogen-bond donors (Lipinski definition) is 1. The highest BCUT2D eigenvalue weighted by atomic mass is 16.5. The van der Waals surface area contributed by atoms with Crippen LogP contribution in [0.1, 0.15) is 0 Å². The van der Waals surface area contributed by atoms with Crippen molar-refractivity contribution in [2.24, 2.45) is 0 Å². The van der Waals surface area contributed by atoms with Crippen LogP contribution in [0.4, 0.5) is 5.95 Å². The summed E-state index contributed by atoms with van der Waals surface area (Å²) in [6, 6.07) is 5.49. The van der Waals surface area contributed by atoms with Gasteiger partial charge in [0, 0.05) is 25.5 Å². The summed E-state index contributed by atoms with van der Waals surface area (Å²) in [5, 5.41) is 2.86. The number of ether oxygens (including phenoxy) is 1. The molecule has 1 N–H and O–H groups in total. The Hall–Kier alpha value is -2.63. The van der Waals surface area contributed by atoms with Gasteiger partial charge in [-0.25, -0.2) is 15.0 Å². The molecule has 19 heavy (non-hydrogen) atoms. The molecule has 0 amide bonds. The predicted octanol–water partition coefficient (Wildman–Crippen LogP) is 2.34. The van der Waals surface area contributed by atoms with E-state index in [0.717, 1.165) is 16.8 Å². The van der Waals surface area contributed by atoms with Crippen LogP contribution in [0.5, 0.6) is 5.75 Å². The standard InChI is InChI=1S/C13H12N4O2/c1-14-13-15-6-8(7-16-13)12-17-10-4-3-9(18-2)5-11(10)19-12/h3-7H,1-2H3,(H,14,15,16). The maximum atomic E-state index is 5.68. The highest BCUT2D eigenvalue weighted by molar-refractivity contribution is 5.77. The van der Waals surface area contributed by atoms with Crippen LogP contribution in [0.2, 0.25) is 0 Å². The molecular weight excluding hydrogens is 244 g/mol. The van der Waals surface area contributed by atoms with E-state index in [1.807, 2.05) is 12.1 Å². The normalized spacial score (nSPS) is 10.6. The van der Waals surface area contributed by atoms with Gasteiger partial charge in [0.25, 0.3) is 0 Å². The quantitative estimate of drug-likeness (QED) is 0.775. The number of aromatic nitrogens is 3. The van der Waals surface area contributed by atoms with Gasteiger partial charge in [-0.05, 0) is 12.1 Å².